The zero-order valence-corrected chi connectivity index (χ0v) is 11.5. The van der Waals surface area contributed by atoms with E-state index in [1.54, 1.807) is 0 Å². The van der Waals surface area contributed by atoms with Gasteiger partial charge in [0.05, 0.1) is 11.0 Å². The second-order valence-corrected chi connectivity index (χ2v) is 4.87. The van der Waals surface area contributed by atoms with Crippen molar-refractivity contribution in [3.63, 3.8) is 0 Å². The number of urea groups is 1. The van der Waals surface area contributed by atoms with Gasteiger partial charge in [0.1, 0.15) is 5.82 Å². The zero-order chi connectivity index (χ0) is 14.6. The Labute approximate surface area is 116 Å². The lowest BCUT2D eigenvalue weighted by atomic mass is 10.1. The van der Waals surface area contributed by atoms with E-state index in [-0.39, 0.29) is 10.2 Å². The van der Waals surface area contributed by atoms with Crippen molar-refractivity contribution in [2.45, 2.75) is 12.5 Å². The van der Waals surface area contributed by atoms with Crippen molar-refractivity contribution >= 4 is 33.6 Å². The minimum absolute atomic E-state index is 0.202. The van der Waals surface area contributed by atoms with E-state index in [9.17, 15) is 19.1 Å². The summed E-state index contributed by atoms with van der Waals surface area (Å²) in [5.74, 6) is -2.00. The van der Waals surface area contributed by atoms with Gasteiger partial charge >= 0.3 is 12.0 Å². The summed E-state index contributed by atoms with van der Waals surface area (Å²) in [5.41, 5.74) is -1.87. The first-order valence-electron chi connectivity index (χ1n) is 5.18. The molecular formula is C11H12BrFN2O4. The fourth-order valence-electron chi connectivity index (χ4n) is 1.08. The standard InChI is InChI=1S/C11H12BrFN2O4/c1-11(19,9(16)17)5-14-10(18)15-6-2-3-7(12)8(13)4-6/h2-4,19H,5H2,1H3,(H,16,17)(H2,14,15,18). The fourth-order valence-corrected chi connectivity index (χ4v) is 1.32. The van der Waals surface area contributed by atoms with Gasteiger partial charge in [-0.15, -0.1) is 0 Å². The number of anilines is 1. The largest absolute Gasteiger partial charge is 0.479 e. The monoisotopic (exact) mass is 334 g/mol. The molecule has 0 saturated heterocycles. The van der Waals surface area contributed by atoms with Crippen molar-refractivity contribution in [1.29, 1.82) is 0 Å². The van der Waals surface area contributed by atoms with Crippen LogP contribution in [0.2, 0.25) is 0 Å². The Morgan fingerprint density at radius 3 is 2.63 bits per heavy atom. The van der Waals surface area contributed by atoms with E-state index in [0.29, 0.717) is 0 Å². The molecule has 19 heavy (non-hydrogen) atoms. The van der Waals surface area contributed by atoms with Crippen molar-refractivity contribution in [2.75, 3.05) is 11.9 Å². The Morgan fingerprint density at radius 2 is 2.11 bits per heavy atom. The number of nitrogens with one attached hydrogen (secondary N) is 2. The molecule has 1 atom stereocenters. The third-order valence-corrected chi connectivity index (χ3v) is 2.87. The van der Waals surface area contributed by atoms with Gasteiger partial charge < -0.3 is 20.8 Å². The SMILES string of the molecule is CC(O)(CNC(=O)Nc1ccc(Br)c(F)c1)C(=O)O. The average molecular weight is 335 g/mol. The summed E-state index contributed by atoms with van der Waals surface area (Å²) in [7, 11) is 0. The summed E-state index contributed by atoms with van der Waals surface area (Å²) >= 11 is 2.97. The number of hydrogen-bond donors (Lipinski definition) is 4. The highest BCUT2D eigenvalue weighted by Gasteiger charge is 2.30. The molecule has 6 nitrogen and oxygen atoms in total. The van der Waals surface area contributed by atoms with E-state index < -0.39 is 30.0 Å². The van der Waals surface area contributed by atoms with Crippen LogP contribution in [-0.2, 0) is 4.79 Å². The number of carbonyl (C=O) groups is 2. The van der Waals surface area contributed by atoms with Gasteiger partial charge in [-0.2, -0.15) is 0 Å². The third-order valence-electron chi connectivity index (χ3n) is 2.23. The fraction of sp³-hybridized carbons (Fsp3) is 0.273. The average Bonchev–Trinajstić information content (AvgIpc) is 2.31. The van der Waals surface area contributed by atoms with E-state index in [0.717, 1.165) is 13.0 Å². The van der Waals surface area contributed by atoms with Crippen LogP contribution in [0.3, 0.4) is 0 Å². The van der Waals surface area contributed by atoms with Gasteiger partial charge in [-0.3, -0.25) is 0 Å². The molecule has 0 radical (unpaired) electrons. The predicted molar refractivity (Wildman–Crippen MR) is 69.4 cm³/mol. The Kier molecular flexibility index (Phi) is 4.84. The van der Waals surface area contributed by atoms with Crippen LogP contribution < -0.4 is 10.6 Å². The second-order valence-electron chi connectivity index (χ2n) is 4.02. The van der Waals surface area contributed by atoms with Crippen LogP contribution >= 0.6 is 15.9 Å². The quantitative estimate of drug-likeness (QED) is 0.671. The van der Waals surface area contributed by atoms with Crippen molar-refractivity contribution in [1.82, 2.24) is 5.32 Å². The molecule has 0 aromatic heterocycles. The summed E-state index contributed by atoms with van der Waals surface area (Å²) in [5, 5.41) is 22.5. The highest BCUT2D eigenvalue weighted by Crippen LogP contribution is 2.19. The van der Waals surface area contributed by atoms with E-state index in [4.69, 9.17) is 5.11 Å². The molecule has 0 aliphatic carbocycles. The number of rotatable bonds is 4. The third kappa shape index (κ3) is 4.49. The normalized spacial score (nSPS) is 13.5. The molecule has 4 N–H and O–H groups in total. The van der Waals surface area contributed by atoms with E-state index in [1.807, 2.05) is 0 Å². The van der Waals surface area contributed by atoms with Gasteiger partial charge in [0.2, 0.25) is 0 Å². The lowest BCUT2D eigenvalue weighted by Gasteiger charge is -2.18. The minimum Gasteiger partial charge on any atom is -0.479 e. The second kappa shape index (κ2) is 5.98. The number of aliphatic carboxylic acids is 1. The van der Waals surface area contributed by atoms with Gasteiger partial charge in [-0.05, 0) is 41.1 Å². The molecule has 2 amide bonds. The number of amides is 2. The molecule has 0 aliphatic heterocycles. The van der Waals surface area contributed by atoms with Gasteiger partial charge in [0.25, 0.3) is 0 Å². The van der Waals surface area contributed by atoms with Crippen LogP contribution in [0.4, 0.5) is 14.9 Å². The summed E-state index contributed by atoms with van der Waals surface area (Å²) in [6.45, 7) is 0.572. The Hall–Kier alpha value is -1.67. The molecule has 1 aromatic rings. The number of carbonyl (C=O) groups excluding carboxylic acids is 1. The Morgan fingerprint density at radius 1 is 1.47 bits per heavy atom. The van der Waals surface area contributed by atoms with Crippen molar-refractivity contribution < 1.29 is 24.2 Å². The first-order chi connectivity index (χ1) is 8.72. The topological polar surface area (TPSA) is 98.7 Å². The molecule has 0 fully saturated rings. The minimum atomic E-state index is -2.07. The van der Waals surface area contributed by atoms with Crippen molar-refractivity contribution in [3.8, 4) is 0 Å². The number of hydrogen-bond acceptors (Lipinski definition) is 3. The zero-order valence-electron chi connectivity index (χ0n) is 9.91. The van der Waals surface area contributed by atoms with Crippen LogP contribution in [0.1, 0.15) is 6.92 Å². The van der Waals surface area contributed by atoms with Gasteiger partial charge in [0.15, 0.2) is 5.60 Å². The number of halogens is 2. The molecule has 104 valence electrons. The summed E-state index contributed by atoms with van der Waals surface area (Å²) in [6, 6.07) is 3.22. The molecule has 1 rings (SSSR count). The molecular weight excluding hydrogens is 323 g/mol. The predicted octanol–water partition coefficient (Wildman–Crippen LogP) is 1.55. The molecule has 0 heterocycles. The Bertz CT molecular complexity index is 507. The number of carboxylic acids is 1. The summed E-state index contributed by atoms with van der Waals surface area (Å²) in [6.07, 6.45) is 0. The van der Waals surface area contributed by atoms with Crippen LogP contribution in [0, 0.1) is 5.82 Å². The number of aliphatic hydroxyl groups is 1. The number of carboxylic acid groups (broad SMARTS) is 1. The molecule has 0 aliphatic rings. The lowest BCUT2D eigenvalue weighted by Crippen LogP contribution is -2.47. The van der Waals surface area contributed by atoms with Crippen LogP contribution in [0.5, 0.6) is 0 Å². The maximum atomic E-state index is 13.2. The van der Waals surface area contributed by atoms with E-state index >= 15 is 0 Å². The van der Waals surface area contributed by atoms with E-state index in [2.05, 4.69) is 26.6 Å². The first-order valence-corrected chi connectivity index (χ1v) is 5.97. The molecule has 1 unspecified atom stereocenters. The highest BCUT2D eigenvalue weighted by molar-refractivity contribution is 9.10. The molecule has 1 aromatic carbocycles. The molecule has 0 saturated carbocycles. The maximum Gasteiger partial charge on any atom is 0.337 e. The summed E-state index contributed by atoms with van der Waals surface area (Å²) < 4.78 is 13.4. The number of benzene rings is 1. The maximum absolute atomic E-state index is 13.2. The smallest absolute Gasteiger partial charge is 0.337 e. The van der Waals surface area contributed by atoms with Crippen molar-refractivity contribution in [2.24, 2.45) is 0 Å². The molecule has 8 heteroatoms. The lowest BCUT2D eigenvalue weighted by molar-refractivity contribution is -0.155. The van der Waals surface area contributed by atoms with E-state index in [1.165, 1.54) is 12.1 Å². The van der Waals surface area contributed by atoms with Crippen molar-refractivity contribution in [3.05, 3.63) is 28.5 Å². The van der Waals surface area contributed by atoms with Gasteiger partial charge in [0, 0.05) is 5.69 Å². The first kappa shape index (κ1) is 15.4. The van der Waals surface area contributed by atoms with Gasteiger partial charge in [-0.25, -0.2) is 14.0 Å². The van der Waals surface area contributed by atoms with Crippen LogP contribution in [0.25, 0.3) is 0 Å². The van der Waals surface area contributed by atoms with Crippen LogP contribution in [-0.4, -0.2) is 34.4 Å². The molecule has 0 spiro atoms. The van der Waals surface area contributed by atoms with Crippen LogP contribution in [0.15, 0.2) is 22.7 Å². The van der Waals surface area contributed by atoms with Gasteiger partial charge in [-0.1, -0.05) is 0 Å². The Balaban J connectivity index is 2.56. The summed E-state index contributed by atoms with van der Waals surface area (Å²) in [4.78, 5) is 22.0. The highest BCUT2D eigenvalue weighted by atomic mass is 79.9. The molecule has 0 bridgehead atoms.